The summed E-state index contributed by atoms with van der Waals surface area (Å²) in [6, 6.07) is 13.0. The Balaban J connectivity index is 1.71. The summed E-state index contributed by atoms with van der Waals surface area (Å²) in [6.07, 6.45) is 2.32. The van der Waals surface area contributed by atoms with E-state index in [1.807, 2.05) is 30.3 Å². The van der Waals surface area contributed by atoms with Gasteiger partial charge in [0.2, 0.25) is 0 Å². The predicted octanol–water partition coefficient (Wildman–Crippen LogP) is 2.31. The number of aromatic amines is 2. The summed E-state index contributed by atoms with van der Waals surface area (Å²) in [7, 11) is 0. The minimum absolute atomic E-state index is 0.146. The molecule has 0 aliphatic heterocycles. The van der Waals surface area contributed by atoms with Gasteiger partial charge in [0, 0.05) is 12.2 Å². The molecule has 0 bridgehead atoms. The number of hydrogen-bond acceptors (Lipinski definition) is 3. The molecule has 1 saturated carbocycles. The second kappa shape index (κ2) is 5.39. The monoisotopic (exact) mass is 308 g/mol. The maximum atomic E-state index is 12.9. The van der Waals surface area contributed by atoms with E-state index in [9.17, 15) is 9.59 Å². The average molecular weight is 308 g/mol. The normalized spacial score (nSPS) is 14.1. The van der Waals surface area contributed by atoms with Gasteiger partial charge < -0.3 is 9.88 Å². The number of pyridine rings is 1. The van der Waals surface area contributed by atoms with E-state index >= 15 is 0 Å². The fourth-order valence-electron chi connectivity index (χ4n) is 2.65. The van der Waals surface area contributed by atoms with Crippen LogP contribution < -0.4 is 10.6 Å². The lowest BCUT2D eigenvalue weighted by Crippen LogP contribution is -2.33. The minimum Gasteiger partial charge on any atom is -0.307 e. The van der Waals surface area contributed by atoms with Gasteiger partial charge in [-0.1, -0.05) is 18.2 Å². The quantitative estimate of drug-likeness (QED) is 0.776. The van der Waals surface area contributed by atoms with Gasteiger partial charge in [-0.2, -0.15) is 0 Å². The summed E-state index contributed by atoms with van der Waals surface area (Å²) in [5, 5.41) is 0. The lowest BCUT2D eigenvalue weighted by atomic mass is 10.2. The number of nitrogens with one attached hydrogen (secondary N) is 2. The lowest BCUT2D eigenvalue weighted by Gasteiger charge is -2.22. The number of aromatic nitrogens is 3. The Morgan fingerprint density at radius 2 is 1.91 bits per heavy atom. The standard InChI is InChI=1S/C17H16N4O2/c22-16(14-9-8-13-15(18-14)20-17(23)19-13)21(10-11-6-7-11)12-4-2-1-3-5-12/h1-5,8-9,11H,6-7,10H2,(H2,18,19,20,23). The highest BCUT2D eigenvalue weighted by molar-refractivity contribution is 6.05. The van der Waals surface area contributed by atoms with Crippen LogP contribution in [-0.4, -0.2) is 27.4 Å². The van der Waals surface area contributed by atoms with Gasteiger partial charge in [0.15, 0.2) is 5.65 Å². The van der Waals surface area contributed by atoms with Crippen LogP contribution in [0.2, 0.25) is 0 Å². The number of hydrogen-bond donors (Lipinski definition) is 2. The van der Waals surface area contributed by atoms with E-state index in [1.165, 1.54) is 0 Å². The summed E-state index contributed by atoms with van der Waals surface area (Å²) in [4.78, 5) is 35.5. The van der Waals surface area contributed by atoms with Crippen LogP contribution in [0.15, 0.2) is 47.3 Å². The first-order chi connectivity index (χ1) is 11.2. The molecule has 1 aliphatic rings. The molecule has 0 radical (unpaired) electrons. The SMILES string of the molecule is O=C(c1ccc2[nH]c(=O)[nH]c2n1)N(CC1CC1)c1ccccc1. The predicted molar refractivity (Wildman–Crippen MR) is 87.6 cm³/mol. The van der Waals surface area contributed by atoms with Gasteiger partial charge in [0.1, 0.15) is 5.69 Å². The first kappa shape index (κ1) is 13.8. The van der Waals surface area contributed by atoms with E-state index in [-0.39, 0.29) is 11.6 Å². The Morgan fingerprint density at radius 1 is 1.13 bits per heavy atom. The zero-order valence-electron chi connectivity index (χ0n) is 12.5. The highest BCUT2D eigenvalue weighted by atomic mass is 16.2. The molecule has 1 aromatic carbocycles. The zero-order chi connectivity index (χ0) is 15.8. The van der Waals surface area contributed by atoms with Crippen molar-refractivity contribution in [1.82, 2.24) is 15.0 Å². The summed E-state index contributed by atoms with van der Waals surface area (Å²) in [5.41, 5.74) is 1.88. The van der Waals surface area contributed by atoms with E-state index in [4.69, 9.17) is 0 Å². The Hall–Kier alpha value is -2.89. The van der Waals surface area contributed by atoms with Crippen LogP contribution >= 0.6 is 0 Å². The number of rotatable bonds is 4. The third-order valence-corrected chi connectivity index (χ3v) is 4.05. The molecule has 0 unspecified atom stereocenters. The zero-order valence-corrected chi connectivity index (χ0v) is 12.5. The fourth-order valence-corrected chi connectivity index (χ4v) is 2.65. The molecule has 0 saturated heterocycles. The molecule has 1 fully saturated rings. The van der Waals surface area contributed by atoms with Crippen LogP contribution in [0.5, 0.6) is 0 Å². The van der Waals surface area contributed by atoms with Crippen LogP contribution in [-0.2, 0) is 0 Å². The van der Waals surface area contributed by atoms with Crippen molar-refractivity contribution >= 4 is 22.8 Å². The van der Waals surface area contributed by atoms with E-state index in [0.717, 1.165) is 18.5 Å². The van der Waals surface area contributed by atoms with Crippen molar-refractivity contribution in [3.63, 3.8) is 0 Å². The largest absolute Gasteiger partial charge is 0.325 e. The number of carbonyl (C=O) groups is 1. The first-order valence-corrected chi connectivity index (χ1v) is 7.67. The molecule has 6 heteroatoms. The van der Waals surface area contributed by atoms with Crippen molar-refractivity contribution in [3.05, 3.63) is 58.6 Å². The van der Waals surface area contributed by atoms with Crippen molar-refractivity contribution in [2.75, 3.05) is 11.4 Å². The van der Waals surface area contributed by atoms with Crippen LogP contribution in [0.4, 0.5) is 5.69 Å². The number of H-pyrrole nitrogens is 2. The number of benzene rings is 1. The number of para-hydroxylation sites is 1. The molecule has 116 valence electrons. The smallest absolute Gasteiger partial charge is 0.307 e. The van der Waals surface area contributed by atoms with Gasteiger partial charge in [-0.3, -0.25) is 9.78 Å². The second-order valence-corrected chi connectivity index (χ2v) is 5.87. The van der Waals surface area contributed by atoms with Crippen molar-refractivity contribution in [1.29, 1.82) is 0 Å². The molecule has 2 aromatic heterocycles. The molecule has 4 rings (SSSR count). The number of carbonyl (C=O) groups excluding carboxylic acids is 1. The lowest BCUT2D eigenvalue weighted by molar-refractivity contribution is 0.0981. The van der Waals surface area contributed by atoms with E-state index < -0.39 is 0 Å². The van der Waals surface area contributed by atoms with Crippen molar-refractivity contribution in [2.45, 2.75) is 12.8 Å². The molecule has 23 heavy (non-hydrogen) atoms. The van der Waals surface area contributed by atoms with Gasteiger partial charge in [0.25, 0.3) is 5.91 Å². The highest BCUT2D eigenvalue weighted by Gasteiger charge is 2.28. The molecular weight excluding hydrogens is 292 g/mol. The third-order valence-electron chi connectivity index (χ3n) is 4.05. The maximum Gasteiger partial charge on any atom is 0.325 e. The molecule has 0 atom stereocenters. The number of anilines is 1. The molecule has 6 nitrogen and oxygen atoms in total. The molecule has 1 amide bonds. The molecule has 0 spiro atoms. The van der Waals surface area contributed by atoms with Crippen molar-refractivity contribution in [2.24, 2.45) is 5.92 Å². The van der Waals surface area contributed by atoms with Crippen LogP contribution in [0.3, 0.4) is 0 Å². The summed E-state index contributed by atoms with van der Waals surface area (Å²) < 4.78 is 0. The van der Waals surface area contributed by atoms with Gasteiger partial charge >= 0.3 is 5.69 Å². The third kappa shape index (κ3) is 2.75. The van der Waals surface area contributed by atoms with Crippen molar-refractivity contribution < 1.29 is 4.79 Å². The van der Waals surface area contributed by atoms with E-state index in [2.05, 4.69) is 15.0 Å². The summed E-state index contributed by atoms with van der Waals surface area (Å²) in [5.74, 6) is 0.419. The van der Waals surface area contributed by atoms with E-state index in [0.29, 0.717) is 29.3 Å². The topological polar surface area (TPSA) is 81.8 Å². The number of amides is 1. The van der Waals surface area contributed by atoms with Crippen LogP contribution in [0, 0.1) is 5.92 Å². The molecule has 3 aromatic rings. The Morgan fingerprint density at radius 3 is 2.65 bits per heavy atom. The first-order valence-electron chi connectivity index (χ1n) is 7.67. The van der Waals surface area contributed by atoms with Crippen LogP contribution in [0.25, 0.3) is 11.2 Å². The molecule has 2 heterocycles. The Bertz CT molecular complexity index is 909. The van der Waals surface area contributed by atoms with Gasteiger partial charge in [-0.05, 0) is 43.0 Å². The minimum atomic E-state index is -0.324. The van der Waals surface area contributed by atoms with Gasteiger partial charge in [-0.25, -0.2) is 9.78 Å². The van der Waals surface area contributed by atoms with E-state index in [1.54, 1.807) is 17.0 Å². The molecule has 2 N–H and O–H groups in total. The Kier molecular flexibility index (Phi) is 3.22. The van der Waals surface area contributed by atoms with Gasteiger partial charge in [0.05, 0.1) is 5.52 Å². The van der Waals surface area contributed by atoms with Gasteiger partial charge in [-0.15, -0.1) is 0 Å². The van der Waals surface area contributed by atoms with Crippen LogP contribution in [0.1, 0.15) is 23.3 Å². The second-order valence-electron chi connectivity index (χ2n) is 5.87. The number of imidazole rings is 1. The average Bonchev–Trinajstić information content (AvgIpc) is 3.31. The maximum absolute atomic E-state index is 12.9. The Labute approximate surface area is 132 Å². The highest BCUT2D eigenvalue weighted by Crippen LogP contribution is 2.32. The number of nitrogens with zero attached hydrogens (tertiary/aromatic N) is 2. The summed E-state index contributed by atoms with van der Waals surface area (Å²) >= 11 is 0. The molecule has 1 aliphatic carbocycles. The van der Waals surface area contributed by atoms with Crippen molar-refractivity contribution in [3.8, 4) is 0 Å². The number of fused-ring (bicyclic) bond motifs is 1. The summed E-state index contributed by atoms with van der Waals surface area (Å²) in [6.45, 7) is 0.701. The molecular formula is C17H16N4O2. The fraction of sp³-hybridized carbons (Fsp3) is 0.235.